The summed E-state index contributed by atoms with van der Waals surface area (Å²) in [7, 11) is 0. The molecule has 43 heavy (non-hydrogen) atoms. The van der Waals surface area contributed by atoms with Crippen molar-refractivity contribution in [1.29, 1.82) is 0 Å². The van der Waals surface area contributed by atoms with Gasteiger partial charge in [0.25, 0.3) is 0 Å². The number of rotatable bonds is 1. The average molecular weight is 561 g/mol. The molecule has 5 aromatic carbocycles. The van der Waals surface area contributed by atoms with Gasteiger partial charge in [-0.25, -0.2) is 0 Å². The summed E-state index contributed by atoms with van der Waals surface area (Å²) in [6, 6.07) is 42.6. The monoisotopic (exact) mass is 560 g/mol. The maximum absolute atomic E-state index is 2.58. The van der Waals surface area contributed by atoms with Gasteiger partial charge in [0.15, 0.2) is 0 Å². The molecule has 0 nitrogen and oxygen atoms in total. The molecule has 0 radical (unpaired) electrons. The van der Waals surface area contributed by atoms with Crippen molar-refractivity contribution in [2.24, 2.45) is 0 Å². The van der Waals surface area contributed by atoms with E-state index in [2.05, 4.69) is 165 Å². The van der Waals surface area contributed by atoms with E-state index in [0.29, 0.717) is 5.92 Å². The molecule has 0 N–H and O–H groups in total. The number of aryl methyl sites for hydroxylation is 1. The van der Waals surface area contributed by atoms with Crippen molar-refractivity contribution in [3.05, 3.63) is 176 Å². The van der Waals surface area contributed by atoms with Gasteiger partial charge in [0.1, 0.15) is 0 Å². The molecule has 0 heterocycles. The number of hydrogen-bond acceptors (Lipinski definition) is 0. The van der Waals surface area contributed by atoms with Gasteiger partial charge in [-0.1, -0.05) is 163 Å². The number of benzene rings is 5. The van der Waals surface area contributed by atoms with Crippen molar-refractivity contribution >= 4 is 0 Å². The second-order valence-corrected chi connectivity index (χ2v) is 15.1. The maximum Gasteiger partial charge on any atom is 0.0713 e. The Kier molecular flexibility index (Phi) is 6.20. The van der Waals surface area contributed by atoms with E-state index in [1.807, 2.05) is 0 Å². The average Bonchev–Trinajstić information content (AvgIpc) is 2.98. The van der Waals surface area contributed by atoms with Crippen LogP contribution in [0.2, 0.25) is 0 Å². The van der Waals surface area contributed by atoms with Crippen LogP contribution in [0.5, 0.6) is 0 Å². The first-order chi connectivity index (χ1) is 20.4. The van der Waals surface area contributed by atoms with Crippen LogP contribution in [0.3, 0.4) is 0 Å². The van der Waals surface area contributed by atoms with E-state index in [0.717, 1.165) is 0 Å². The molecule has 0 aliphatic heterocycles. The molecule has 0 saturated heterocycles. The third-order valence-electron chi connectivity index (χ3n) is 10.3. The van der Waals surface area contributed by atoms with Crippen molar-refractivity contribution in [2.45, 2.75) is 83.5 Å². The van der Waals surface area contributed by atoms with Crippen LogP contribution >= 0.6 is 0 Å². The van der Waals surface area contributed by atoms with E-state index in [9.17, 15) is 0 Å². The minimum atomic E-state index is -0.412. The second kappa shape index (κ2) is 9.55. The third-order valence-corrected chi connectivity index (χ3v) is 10.3. The SMILES string of the molecule is Cc1ccc2c(c1)C(C)c1ccccc1C21c2cc(C(C)(C)C)ccc2C(c2ccccc2)c2ccc(C(C)(C)C)cc21. The molecule has 1 spiro atoms. The van der Waals surface area contributed by atoms with Gasteiger partial charge >= 0.3 is 0 Å². The lowest BCUT2D eigenvalue weighted by Crippen LogP contribution is -2.42. The Labute approximate surface area is 258 Å². The lowest BCUT2D eigenvalue weighted by molar-refractivity contribution is 0.573. The summed E-state index contributed by atoms with van der Waals surface area (Å²) >= 11 is 0. The first kappa shape index (κ1) is 27.9. The molecule has 216 valence electrons. The van der Waals surface area contributed by atoms with Crippen LogP contribution in [0.4, 0.5) is 0 Å². The fourth-order valence-electron chi connectivity index (χ4n) is 8.01. The smallest absolute Gasteiger partial charge is 0.0622 e. The topological polar surface area (TPSA) is 0 Å². The Morgan fingerprint density at radius 2 is 1.02 bits per heavy atom. The highest BCUT2D eigenvalue weighted by Gasteiger charge is 2.51. The molecule has 1 atom stereocenters. The zero-order valence-electron chi connectivity index (χ0n) is 27.0. The first-order valence-corrected chi connectivity index (χ1v) is 16.0. The third kappa shape index (κ3) is 4.10. The first-order valence-electron chi connectivity index (χ1n) is 16.0. The highest BCUT2D eigenvalue weighted by atomic mass is 14.5. The molecular weight excluding hydrogens is 516 g/mol. The van der Waals surface area contributed by atoms with Crippen molar-refractivity contribution in [3.63, 3.8) is 0 Å². The highest BCUT2D eigenvalue weighted by Crippen LogP contribution is 2.61. The Hall–Kier alpha value is -3.90. The summed E-state index contributed by atoms with van der Waals surface area (Å²) in [5.41, 5.74) is 16.6. The zero-order valence-corrected chi connectivity index (χ0v) is 27.0. The van der Waals surface area contributed by atoms with Gasteiger partial charge in [-0.15, -0.1) is 0 Å². The molecule has 0 amide bonds. The summed E-state index contributed by atoms with van der Waals surface area (Å²) in [6.45, 7) is 18.7. The highest BCUT2D eigenvalue weighted by molar-refractivity contribution is 5.75. The van der Waals surface area contributed by atoms with E-state index in [1.54, 1.807) is 0 Å². The van der Waals surface area contributed by atoms with E-state index < -0.39 is 5.41 Å². The van der Waals surface area contributed by atoms with E-state index in [4.69, 9.17) is 0 Å². The molecule has 2 aliphatic rings. The van der Waals surface area contributed by atoms with Gasteiger partial charge in [-0.2, -0.15) is 0 Å². The molecule has 7 rings (SSSR count). The Morgan fingerprint density at radius 3 is 1.60 bits per heavy atom. The standard InChI is InChI=1S/C43H44/c1-27-18-23-37-35(24-27)28(2)32-16-12-13-17-36(32)43(37)38-25-30(41(3,4)5)19-21-33(38)40(29-14-10-9-11-15-29)34-22-20-31(26-39(34)43)42(6,7)8/h9-26,28,40H,1-8H3. The fourth-order valence-corrected chi connectivity index (χ4v) is 8.01. The number of fused-ring (bicyclic) bond motifs is 8. The van der Waals surface area contributed by atoms with E-state index in [1.165, 1.54) is 66.8 Å². The minimum absolute atomic E-state index is 0.0313. The number of hydrogen-bond donors (Lipinski definition) is 0. The van der Waals surface area contributed by atoms with Crippen molar-refractivity contribution < 1.29 is 0 Å². The molecule has 5 aromatic rings. The zero-order chi connectivity index (χ0) is 30.3. The summed E-state index contributed by atoms with van der Waals surface area (Å²) in [6.07, 6.45) is 0. The minimum Gasteiger partial charge on any atom is -0.0622 e. The van der Waals surface area contributed by atoms with Gasteiger partial charge in [-0.05, 0) is 79.0 Å². The van der Waals surface area contributed by atoms with Gasteiger partial charge in [0.2, 0.25) is 0 Å². The van der Waals surface area contributed by atoms with Crippen molar-refractivity contribution in [3.8, 4) is 0 Å². The molecule has 0 saturated carbocycles. The summed E-state index contributed by atoms with van der Waals surface area (Å²) in [5, 5.41) is 0. The van der Waals surface area contributed by atoms with Gasteiger partial charge in [-0.3, -0.25) is 0 Å². The van der Waals surface area contributed by atoms with Crippen LogP contribution in [0.15, 0.2) is 109 Å². The molecule has 0 fully saturated rings. The van der Waals surface area contributed by atoms with Crippen molar-refractivity contribution in [1.82, 2.24) is 0 Å². The Morgan fingerprint density at radius 1 is 0.488 bits per heavy atom. The predicted octanol–water partition coefficient (Wildman–Crippen LogP) is 10.9. The Balaban J connectivity index is 1.72. The van der Waals surface area contributed by atoms with Crippen LogP contribution in [-0.2, 0) is 16.2 Å². The predicted molar refractivity (Wildman–Crippen MR) is 182 cm³/mol. The summed E-state index contributed by atoms with van der Waals surface area (Å²) < 4.78 is 0. The van der Waals surface area contributed by atoms with Crippen LogP contribution in [0.1, 0.15) is 127 Å². The van der Waals surface area contributed by atoms with Crippen LogP contribution < -0.4 is 0 Å². The van der Waals surface area contributed by atoms with E-state index in [-0.39, 0.29) is 16.7 Å². The molecule has 2 aliphatic carbocycles. The lowest BCUT2D eigenvalue weighted by atomic mass is 9.51. The summed E-state index contributed by atoms with van der Waals surface area (Å²) in [4.78, 5) is 0. The fraction of sp³-hybridized carbons (Fsp3) is 0.302. The van der Waals surface area contributed by atoms with E-state index >= 15 is 0 Å². The van der Waals surface area contributed by atoms with Gasteiger partial charge in [0.05, 0.1) is 5.41 Å². The summed E-state index contributed by atoms with van der Waals surface area (Å²) in [5.74, 6) is 0.493. The van der Waals surface area contributed by atoms with Gasteiger partial charge in [0, 0.05) is 11.8 Å². The quantitative estimate of drug-likeness (QED) is 0.188. The molecule has 0 heteroatoms. The van der Waals surface area contributed by atoms with Crippen LogP contribution in [0, 0.1) is 6.92 Å². The van der Waals surface area contributed by atoms with Crippen molar-refractivity contribution in [2.75, 3.05) is 0 Å². The van der Waals surface area contributed by atoms with Gasteiger partial charge < -0.3 is 0 Å². The molecule has 0 aromatic heterocycles. The second-order valence-electron chi connectivity index (χ2n) is 15.1. The molecular formula is C43H44. The maximum atomic E-state index is 2.58. The Bertz CT molecular complexity index is 1790. The largest absolute Gasteiger partial charge is 0.0713 e. The molecule has 0 bridgehead atoms. The molecule has 1 unspecified atom stereocenters. The lowest BCUT2D eigenvalue weighted by Gasteiger charge is -2.50. The normalized spacial score (nSPS) is 20.7. The van der Waals surface area contributed by atoms with Crippen LogP contribution in [-0.4, -0.2) is 0 Å². The van der Waals surface area contributed by atoms with Crippen LogP contribution in [0.25, 0.3) is 0 Å².